The average Bonchev–Trinajstić information content (AvgIpc) is 3.11. The predicted molar refractivity (Wildman–Crippen MR) is 84.7 cm³/mol. The molecule has 2 aliphatic rings. The largest absolute Gasteiger partial charge is 0.494 e. The second-order valence-electron chi connectivity index (χ2n) is 5.56. The maximum absolute atomic E-state index is 12.8. The Hall–Kier alpha value is -2.90. The van der Waals surface area contributed by atoms with Gasteiger partial charge < -0.3 is 9.47 Å². The van der Waals surface area contributed by atoms with Crippen LogP contribution in [0.15, 0.2) is 29.4 Å². The van der Waals surface area contributed by atoms with Crippen LogP contribution in [-0.4, -0.2) is 42.8 Å². The van der Waals surface area contributed by atoms with E-state index in [1.54, 1.807) is 24.3 Å². The first-order valence-corrected chi connectivity index (χ1v) is 7.53. The van der Waals surface area contributed by atoms with Gasteiger partial charge in [-0.15, -0.1) is 0 Å². The Labute approximate surface area is 138 Å². The van der Waals surface area contributed by atoms with E-state index >= 15 is 0 Å². The molecule has 1 fully saturated rings. The van der Waals surface area contributed by atoms with Crippen molar-refractivity contribution in [2.24, 2.45) is 5.10 Å². The van der Waals surface area contributed by atoms with E-state index in [0.29, 0.717) is 18.0 Å². The molecule has 8 nitrogen and oxygen atoms in total. The number of anilines is 1. The Morgan fingerprint density at radius 2 is 2.00 bits per heavy atom. The highest BCUT2D eigenvalue weighted by atomic mass is 16.5. The van der Waals surface area contributed by atoms with E-state index in [9.17, 15) is 14.4 Å². The van der Waals surface area contributed by atoms with E-state index < -0.39 is 17.4 Å². The van der Waals surface area contributed by atoms with Gasteiger partial charge in [-0.05, 0) is 31.2 Å². The molecule has 1 N–H and O–H groups in total. The van der Waals surface area contributed by atoms with Gasteiger partial charge in [0.25, 0.3) is 5.91 Å². The molecule has 0 unspecified atom stereocenters. The van der Waals surface area contributed by atoms with Crippen molar-refractivity contribution in [2.75, 3.05) is 18.6 Å². The lowest BCUT2D eigenvalue weighted by atomic mass is 9.93. The Morgan fingerprint density at radius 1 is 1.29 bits per heavy atom. The minimum atomic E-state index is -1.21. The van der Waals surface area contributed by atoms with Gasteiger partial charge in [-0.1, -0.05) is 0 Å². The molecule has 0 radical (unpaired) electrons. The van der Waals surface area contributed by atoms with Gasteiger partial charge in [0, 0.05) is 6.42 Å². The van der Waals surface area contributed by atoms with Crippen LogP contribution in [-0.2, 0) is 19.1 Å². The van der Waals surface area contributed by atoms with Crippen LogP contribution in [0.3, 0.4) is 0 Å². The highest BCUT2D eigenvalue weighted by Crippen LogP contribution is 2.35. The van der Waals surface area contributed by atoms with Crippen LogP contribution in [0.4, 0.5) is 5.69 Å². The molecule has 1 aromatic carbocycles. The van der Waals surface area contributed by atoms with Crippen molar-refractivity contribution in [3.8, 4) is 5.75 Å². The zero-order valence-electron chi connectivity index (χ0n) is 13.4. The number of nitrogens with zero attached hydrogens (tertiary/aromatic N) is 2. The molecule has 1 spiro atoms. The van der Waals surface area contributed by atoms with Gasteiger partial charge in [0.2, 0.25) is 5.91 Å². The summed E-state index contributed by atoms with van der Waals surface area (Å²) in [6.45, 7) is 2.40. The van der Waals surface area contributed by atoms with Crippen LogP contribution in [0, 0.1) is 0 Å². The molecule has 0 aliphatic carbocycles. The van der Waals surface area contributed by atoms with Gasteiger partial charge in [-0.2, -0.15) is 5.10 Å². The summed E-state index contributed by atoms with van der Waals surface area (Å²) in [7, 11) is 1.24. The van der Waals surface area contributed by atoms with E-state index in [1.807, 2.05) is 6.92 Å². The van der Waals surface area contributed by atoms with E-state index in [0.717, 1.165) is 4.90 Å². The number of carbonyl (C=O) groups is 3. The number of benzene rings is 1. The summed E-state index contributed by atoms with van der Waals surface area (Å²) in [6.07, 6.45) is -0.0409. The summed E-state index contributed by atoms with van der Waals surface area (Å²) in [4.78, 5) is 37.8. The van der Waals surface area contributed by atoms with E-state index in [1.165, 1.54) is 7.11 Å². The van der Waals surface area contributed by atoms with Crippen LogP contribution in [0.5, 0.6) is 5.75 Å². The standard InChI is InChI=1S/C16H17N3O5/c1-3-24-11-6-4-10(5-7-11)19-13(20)9-16(15(19)22)8-12(17-18-16)14(21)23-2/h4-7,18H,3,8-9H2,1-2H3/t16-/m0/s1. The van der Waals surface area contributed by atoms with Gasteiger partial charge in [0.15, 0.2) is 0 Å². The van der Waals surface area contributed by atoms with Crippen LogP contribution in [0.25, 0.3) is 0 Å². The third-order valence-corrected chi connectivity index (χ3v) is 4.02. The van der Waals surface area contributed by atoms with Crippen LogP contribution < -0.4 is 15.1 Å². The first kappa shape index (κ1) is 16.0. The molecule has 1 atom stereocenters. The number of hydrogen-bond donors (Lipinski definition) is 1. The normalized spacial score (nSPS) is 22.6. The molecule has 0 aromatic heterocycles. The molecule has 2 heterocycles. The topological polar surface area (TPSA) is 97.3 Å². The first-order valence-electron chi connectivity index (χ1n) is 7.53. The lowest BCUT2D eigenvalue weighted by Crippen LogP contribution is -2.47. The number of hydrogen-bond acceptors (Lipinski definition) is 7. The summed E-state index contributed by atoms with van der Waals surface area (Å²) in [5.41, 5.74) is 2.01. The Kier molecular flexibility index (Phi) is 3.96. The number of rotatable bonds is 4. The van der Waals surface area contributed by atoms with Crippen LogP contribution in [0.2, 0.25) is 0 Å². The molecule has 2 aliphatic heterocycles. The van der Waals surface area contributed by atoms with E-state index in [-0.39, 0.29) is 24.5 Å². The summed E-state index contributed by atoms with van der Waals surface area (Å²) >= 11 is 0. The minimum Gasteiger partial charge on any atom is -0.494 e. The first-order chi connectivity index (χ1) is 11.5. The molecule has 0 saturated carbocycles. The number of hydrazone groups is 1. The second kappa shape index (κ2) is 5.95. The van der Waals surface area contributed by atoms with Crippen molar-refractivity contribution in [2.45, 2.75) is 25.3 Å². The van der Waals surface area contributed by atoms with Gasteiger partial charge in [0.1, 0.15) is 17.0 Å². The zero-order chi connectivity index (χ0) is 17.3. The third kappa shape index (κ3) is 2.49. The fraction of sp³-hybridized carbons (Fsp3) is 0.375. The van der Waals surface area contributed by atoms with E-state index in [4.69, 9.17) is 4.74 Å². The second-order valence-corrected chi connectivity index (χ2v) is 5.56. The molecular formula is C16H17N3O5. The minimum absolute atomic E-state index is 0.0256. The maximum Gasteiger partial charge on any atom is 0.354 e. The van der Waals surface area contributed by atoms with Crippen molar-refractivity contribution < 1.29 is 23.9 Å². The highest BCUT2D eigenvalue weighted by Gasteiger charge is 2.56. The number of ether oxygens (including phenoxy) is 2. The predicted octanol–water partition coefficient (Wildman–Crippen LogP) is 0.610. The van der Waals surface area contributed by atoms with Gasteiger partial charge in [0.05, 0.1) is 25.8 Å². The fourth-order valence-electron chi connectivity index (χ4n) is 2.86. The molecule has 3 rings (SSSR count). The molecular weight excluding hydrogens is 314 g/mol. The number of imide groups is 1. The third-order valence-electron chi connectivity index (χ3n) is 4.02. The summed E-state index contributed by atoms with van der Waals surface area (Å²) in [6, 6.07) is 6.69. The van der Waals surface area contributed by atoms with Gasteiger partial charge >= 0.3 is 5.97 Å². The lowest BCUT2D eigenvalue weighted by Gasteiger charge is -2.21. The van der Waals surface area contributed by atoms with Crippen molar-refractivity contribution in [3.63, 3.8) is 0 Å². The summed E-state index contributed by atoms with van der Waals surface area (Å²) < 4.78 is 9.97. The monoisotopic (exact) mass is 331 g/mol. The van der Waals surface area contributed by atoms with Crippen molar-refractivity contribution in [1.82, 2.24) is 5.43 Å². The molecule has 1 aromatic rings. The number of carbonyl (C=O) groups excluding carboxylic acids is 3. The number of amides is 2. The molecule has 0 bridgehead atoms. The maximum atomic E-state index is 12.8. The smallest absolute Gasteiger partial charge is 0.354 e. The molecule has 1 saturated heterocycles. The molecule has 24 heavy (non-hydrogen) atoms. The van der Waals surface area contributed by atoms with Gasteiger partial charge in [-0.25, -0.2) is 9.69 Å². The molecule has 126 valence electrons. The summed E-state index contributed by atoms with van der Waals surface area (Å²) in [5, 5.41) is 3.87. The number of esters is 1. The van der Waals surface area contributed by atoms with Crippen LogP contribution >= 0.6 is 0 Å². The van der Waals surface area contributed by atoms with Gasteiger partial charge in [-0.3, -0.25) is 15.0 Å². The van der Waals surface area contributed by atoms with E-state index in [2.05, 4.69) is 15.3 Å². The Morgan fingerprint density at radius 3 is 2.62 bits per heavy atom. The number of nitrogens with one attached hydrogen (secondary N) is 1. The van der Waals surface area contributed by atoms with Crippen molar-refractivity contribution in [3.05, 3.63) is 24.3 Å². The molecule has 8 heteroatoms. The quantitative estimate of drug-likeness (QED) is 0.641. The lowest BCUT2D eigenvalue weighted by molar-refractivity contribution is -0.132. The van der Waals surface area contributed by atoms with Crippen molar-refractivity contribution >= 4 is 29.2 Å². The van der Waals surface area contributed by atoms with Crippen LogP contribution in [0.1, 0.15) is 19.8 Å². The van der Waals surface area contributed by atoms with Crippen molar-refractivity contribution in [1.29, 1.82) is 0 Å². The Bertz CT molecular complexity index is 728. The fourth-order valence-corrected chi connectivity index (χ4v) is 2.86. The average molecular weight is 331 g/mol. The highest BCUT2D eigenvalue weighted by molar-refractivity contribution is 6.39. The molecule has 2 amide bonds. The summed E-state index contributed by atoms with van der Waals surface area (Å²) in [5.74, 6) is -0.734. The zero-order valence-corrected chi connectivity index (χ0v) is 13.4. The number of methoxy groups -OCH3 is 1. The SMILES string of the molecule is CCOc1ccc(N2C(=O)C[C@@]3(CC(C(=O)OC)=NN3)C2=O)cc1. The Balaban J connectivity index is 1.81.